The van der Waals surface area contributed by atoms with E-state index in [4.69, 9.17) is 11.1 Å². The van der Waals surface area contributed by atoms with E-state index in [9.17, 15) is 4.79 Å². The van der Waals surface area contributed by atoms with E-state index in [-0.39, 0.29) is 11.8 Å². The number of nitrogens with two attached hydrogens (primary N) is 1. The molecule has 4 N–H and O–H groups in total. The highest BCUT2D eigenvalue weighted by molar-refractivity contribution is 6.13. The molecule has 0 atom stereocenters. The van der Waals surface area contributed by atoms with Crippen molar-refractivity contribution in [1.29, 1.82) is 5.41 Å². The third kappa shape index (κ3) is 5.27. The van der Waals surface area contributed by atoms with Crippen LogP contribution in [0.15, 0.2) is 48.5 Å². The van der Waals surface area contributed by atoms with Gasteiger partial charge in [-0.05, 0) is 30.8 Å². The average molecular weight is 406 g/mol. The van der Waals surface area contributed by atoms with E-state index >= 15 is 0 Å². The van der Waals surface area contributed by atoms with Gasteiger partial charge in [0.1, 0.15) is 0 Å². The van der Waals surface area contributed by atoms with Crippen molar-refractivity contribution in [3.63, 3.8) is 0 Å². The summed E-state index contributed by atoms with van der Waals surface area (Å²) in [6.07, 6.45) is 3.63. The van der Waals surface area contributed by atoms with Gasteiger partial charge in [0, 0.05) is 43.3 Å². The van der Waals surface area contributed by atoms with Gasteiger partial charge in [-0.25, -0.2) is 0 Å². The van der Waals surface area contributed by atoms with Gasteiger partial charge < -0.3 is 26.3 Å². The van der Waals surface area contributed by atoms with Gasteiger partial charge in [0.05, 0.1) is 17.1 Å². The van der Waals surface area contributed by atoms with Crippen molar-refractivity contribution < 1.29 is 4.79 Å². The molecule has 0 bridgehead atoms. The lowest BCUT2D eigenvalue weighted by Crippen LogP contribution is -2.44. The molecule has 1 amide bonds. The van der Waals surface area contributed by atoms with Gasteiger partial charge in [-0.1, -0.05) is 50.3 Å². The molecule has 30 heavy (non-hydrogen) atoms. The first-order valence-electron chi connectivity index (χ1n) is 10.3. The molecule has 0 unspecified atom stereocenters. The maximum absolute atomic E-state index is 12.4. The predicted molar refractivity (Wildman–Crippen MR) is 126 cm³/mol. The number of carbonyl (C=O) groups is 1. The number of hydrogen-bond donors (Lipinski definition) is 3. The Kier molecular flexibility index (Phi) is 6.90. The Morgan fingerprint density at radius 3 is 2.43 bits per heavy atom. The van der Waals surface area contributed by atoms with E-state index in [1.807, 2.05) is 62.4 Å². The van der Waals surface area contributed by atoms with Crippen LogP contribution in [0.1, 0.15) is 25.0 Å². The van der Waals surface area contributed by atoms with Crippen LogP contribution < -0.4 is 16.0 Å². The Morgan fingerprint density at radius 2 is 1.80 bits per heavy atom. The van der Waals surface area contributed by atoms with Gasteiger partial charge in [-0.3, -0.25) is 4.79 Å². The second-order valence-electron chi connectivity index (χ2n) is 8.05. The smallest absolute Gasteiger partial charge is 0.226 e. The first-order valence-corrected chi connectivity index (χ1v) is 10.3. The van der Waals surface area contributed by atoms with Crippen molar-refractivity contribution >= 4 is 34.8 Å². The van der Waals surface area contributed by atoms with Crippen molar-refractivity contribution in [3.05, 3.63) is 59.7 Å². The summed E-state index contributed by atoms with van der Waals surface area (Å²) in [6, 6.07) is 13.6. The third-order valence-corrected chi connectivity index (χ3v) is 5.33. The van der Waals surface area contributed by atoms with E-state index in [1.165, 1.54) is 0 Å². The zero-order chi connectivity index (χ0) is 21.7. The zero-order valence-corrected chi connectivity index (χ0v) is 18.0. The van der Waals surface area contributed by atoms with Gasteiger partial charge in [0.25, 0.3) is 0 Å². The fourth-order valence-electron chi connectivity index (χ4n) is 3.36. The number of nitrogen functional groups attached to an aromatic ring is 1. The zero-order valence-electron chi connectivity index (χ0n) is 18.0. The maximum Gasteiger partial charge on any atom is 0.226 e. The normalized spacial score (nSPS) is 15.0. The minimum atomic E-state index is -0.135. The minimum Gasteiger partial charge on any atom is -0.398 e. The Morgan fingerprint density at radius 1 is 1.13 bits per heavy atom. The van der Waals surface area contributed by atoms with E-state index < -0.39 is 0 Å². The van der Waals surface area contributed by atoms with E-state index in [0.717, 1.165) is 37.4 Å². The molecule has 1 aliphatic heterocycles. The predicted octanol–water partition coefficient (Wildman–Crippen LogP) is 3.70. The molecule has 0 aliphatic carbocycles. The summed E-state index contributed by atoms with van der Waals surface area (Å²) in [5, 5.41) is 11.6. The lowest BCUT2D eigenvalue weighted by atomic mass is 10.0. The first kappa shape index (κ1) is 21.6. The molecular formula is C24H31N5O. The Hall–Kier alpha value is -3.12. The summed E-state index contributed by atoms with van der Waals surface area (Å²) in [5.41, 5.74) is 10.5. The van der Waals surface area contributed by atoms with Crippen molar-refractivity contribution in [2.75, 3.05) is 49.2 Å². The van der Waals surface area contributed by atoms with Crippen molar-refractivity contribution in [2.24, 2.45) is 5.92 Å². The molecule has 6 nitrogen and oxygen atoms in total. The summed E-state index contributed by atoms with van der Waals surface area (Å²) in [7, 11) is 2.11. The molecule has 3 rings (SSSR count). The number of amides is 1. The van der Waals surface area contributed by atoms with Crippen LogP contribution in [0.5, 0.6) is 0 Å². The molecule has 1 saturated heterocycles. The molecule has 2 aromatic rings. The van der Waals surface area contributed by atoms with Crippen molar-refractivity contribution in [2.45, 2.75) is 13.8 Å². The van der Waals surface area contributed by atoms with E-state index in [0.29, 0.717) is 22.6 Å². The number of carbonyl (C=O) groups excluding carboxylic acids is 1. The number of allylic oxidation sites excluding steroid dienone is 1. The third-order valence-electron chi connectivity index (χ3n) is 5.33. The number of hydrogen-bond acceptors (Lipinski definition) is 5. The fourth-order valence-corrected chi connectivity index (χ4v) is 3.36. The molecule has 0 spiro atoms. The summed E-state index contributed by atoms with van der Waals surface area (Å²) in [5.74, 6) is -0.184. The number of anilines is 3. The molecule has 0 radical (unpaired) electrons. The fraction of sp³-hybridized carbons (Fsp3) is 0.333. The van der Waals surface area contributed by atoms with Crippen LogP contribution in [0.3, 0.4) is 0 Å². The molecule has 0 aromatic heterocycles. The van der Waals surface area contributed by atoms with Crippen LogP contribution >= 0.6 is 0 Å². The van der Waals surface area contributed by atoms with Gasteiger partial charge in [0.2, 0.25) is 5.91 Å². The number of nitrogens with zero attached hydrogens (tertiary/aromatic N) is 2. The number of rotatable bonds is 6. The second kappa shape index (κ2) is 9.59. The van der Waals surface area contributed by atoms with Crippen LogP contribution in [-0.2, 0) is 4.79 Å². The molecule has 1 heterocycles. The van der Waals surface area contributed by atoms with Crippen LogP contribution in [0.4, 0.5) is 17.1 Å². The molecule has 2 aromatic carbocycles. The Bertz CT molecular complexity index is 928. The first-order chi connectivity index (χ1) is 14.3. The topological polar surface area (TPSA) is 85.4 Å². The molecule has 158 valence electrons. The lowest BCUT2D eigenvalue weighted by Gasteiger charge is -2.35. The number of piperazine rings is 1. The van der Waals surface area contributed by atoms with Crippen LogP contribution in [-0.4, -0.2) is 49.7 Å². The highest BCUT2D eigenvalue weighted by Crippen LogP contribution is 2.33. The Labute approximate surface area is 178 Å². The summed E-state index contributed by atoms with van der Waals surface area (Å²) < 4.78 is 0. The number of benzene rings is 2. The molecular weight excluding hydrogens is 374 g/mol. The van der Waals surface area contributed by atoms with E-state index in [2.05, 4.69) is 22.2 Å². The van der Waals surface area contributed by atoms with Gasteiger partial charge in [0.15, 0.2) is 0 Å². The lowest BCUT2D eigenvalue weighted by molar-refractivity contribution is -0.118. The summed E-state index contributed by atoms with van der Waals surface area (Å²) in [4.78, 5) is 17.0. The van der Waals surface area contributed by atoms with Crippen LogP contribution in [0, 0.1) is 11.3 Å². The molecule has 6 heteroatoms. The SMILES string of the molecule is CC(C)C(=O)Nc1cc(C(=N)/C=C/c2ccccc2)c(N)cc1N1CCN(C)CC1. The van der Waals surface area contributed by atoms with Gasteiger partial charge in [-0.15, -0.1) is 0 Å². The van der Waals surface area contributed by atoms with Crippen LogP contribution in [0.2, 0.25) is 0 Å². The summed E-state index contributed by atoms with van der Waals surface area (Å²) >= 11 is 0. The molecule has 1 fully saturated rings. The number of likely N-dealkylation sites (N-methyl/N-ethyl adjacent to an activating group) is 1. The molecule has 1 aliphatic rings. The minimum absolute atomic E-state index is 0.0487. The summed E-state index contributed by atoms with van der Waals surface area (Å²) in [6.45, 7) is 7.38. The van der Waals surface area contributed by atoms with Gasteiger partial charge >= 0.3 is 0 Å². The Balaban J connectivity index is 1.93. The largest absolute Gasteiger partial charge is 0.398 e. The second-order valence-corrected chi connectivity index (χ2v) is 8.05. The standard InChI is InChI=1S/C24H31N5O/c1-17(2)24(30)27-22-15-19(20(25)10-9-18-7-5-4-6-8-18)21(26)16-23(22)29-13-11-28(3)12-14-29/h4-10,15-17,25H,11-14,26H2,1-3H3,(H,27,30)/b10-9+,25-20?. The highest BCUT2D eigenvalue weighted by atomic mass is 16.1. The van der Waals surface area contributed by atoms with Crippen LogP contribution in [0.25, 0.3) is 6.08 Å². The monoisotopic (exact) mass is 405 g/mol. The highest BCUT2D eigenvalue weighted by Gasteiger charge is 2.21. The van der Waals surface area contributed by atoms with Crippen molar-refractivity contribution in [1.82, 2.24) is 4.90 Å². The quantitative estimate of drug-likeness (QED) is 0.505. The van der Waals surface area contributed by atoms with E-state index in [1.54, 1.807) is 6.08 Å². The molecule has 0 saturated carbocycles. The van der Waals surface area contributed by atoms with Crippen molar-refractivity contribution in [3.8, 4) is 0 Å². The maximum atomic E-state index is 12.4. The van der Waals surface area contributed by atoms with Gasteiger partial charge in [-0.2, -0.15) is 0 Å². The average Bonchev–Trinajstić information content (AvgIpc) is 2.74. The number of nitrogens with one attached hydrogen (secondary N) is 2.